The van der Waals surface area contributed by atoms with Gasteiger partial charge in [0, 0.05) is 0 Å². The Kier molecular flexibility index (Phi) is 5.73. The molecule has 7 nitrogen and oxygen atoms in total. The van der Waals surface area contributed by atoms with E-state index in [-0.39, 0.29) is 17.9 Å². The van der Waals surface area contributed by atoms with Gasteiger partial charge in [-0.05, 0) is 43.7 Å². The van der Waals surface area contributed by atoms with Crippen LogP contribution in [-0.2, 0) is 14.3 Å². The van der Waals surface area contributed by atoms with Crippen LogP contribution in [0, 0.1) is 6.92 Å². The van der Waals surface area contributed by atoms with Crippen LogP contribution in [0.25, 0.3) is 0 Å². The van der Waals surface area contributed by atoms with Gasteiger partial charge >= 0.3 is 17.8 Å². The highest BCUT2D eigenvalue weighted by atomic mass is 16.5. The minimum absolute atomic E-state index is 0.167. The van der Waals surface area contributed by atoms with Gasteiger partial charge in [-0.3, -0.25) is 9.59 Å². The first-order valence-electron chi connectivity index (χ1n) is 7.67. The SMILES string of the molecule is CCOC(=O)c1ccccc1NC(=O)C(=O)Nc1ccc(C)cc1N. The van der Waals surface area contributed by atoms with Gasteiger partial charge in [0.1, 0.15) is 0 Å². The third kappa shape index (κ3) is 4.57. The van der Waals surface area contributed by atoms with Crippen LogP contribution in [-0.4, -0.2) is 24.4 Å². The van der Waals surface area contributed by atoms with E-state index in [1.54, 1.807) is 37.3 Å². The highest BCUT2D eigenvalue weighted by molar-refractivity contribution is 6.44. The summed E-state index contributed by atoms with van der Waals surface area (Å²) < 4.78 is 4.93. The van der Waals surface area contributed by atoms with Gasteiger partial charge in [-0.2, -0.15) is 0 Å². The monoisotopic (exact) mass is 341 g/mol. The van der Waals surface area contributed by atoms with Crippen molar-refractivity contribution in [3.05, 3.63) is 53.6 Å². The van der Waals surface area contributed by atoms with E-state index >= 15 is 0 Å². The lowest BCUT2D eigenvalue weighted by molar-refractivity contribution is -0.132. The van der Waals surface area contributed by atoms with Gasteiger partial charge in [0.15, 0.2) is 0 Å². The fraction of sp³-hybridized carbons (Fsp3) is 0.167. The summed E-state index contributed by atoms with van der Waals surface area (Å²) in [5.41, 5.74) is 7.80. The molecule has 2 aromatic rings. The fourth-order valence-electron chi connectivity index (χ4n) is 2.13. The van der Waals surface area contributed by atoms with Gasteiger partial charge in [0.2, 0.25) is 0 Å². The van der Waals surface area contributed by atoms with E-state index in [0.717, 1.165) is 5.56 Å². The second kappa shape index (κ2) is 7.96. The molecule has 0 bridgehead atoms. The lowest BCUT2D eigenvalue weighted by Crippen LogP contribution is -2.30. The predicted molar refractivity (Wildman–Crippen MR) is 95.2 cm³/mol. The molecule has 2 rings (SSSR count). The summed E-state index contributed by atoms with van der Waals surface area (Å²) in [6, 6.07) is 11.3. The first-order valence-corrected chi connectivity index (χ1v) is 7.67. The first kappa shape index (κ1) is 18.0. The molecule has 0 heterocycles. The average Bonchev–Trinajstić information content (AvgIpc) is 2.58. The molecule has 0 aliphatic carbocycles. The average molecular weight is 341 g/mol. The number of hydrogen-bond donors (Lipinski definition) is 3. The first-order chi connectivity index (χ1) is 11.9. The Morgan fingerprint density at radius 2 is 1.64 bits per heavy atom. The summed E-state index contributed by atoms with van der Waals surface area (Å²) in [6.07, 6.45) is 0. The van der Waals surface area contributed by atoms with Gasteiger partial charge in [0.25, 0.3) is 0 Å². The Hall–Kier alpha value is -3.35. The Bertz CT molecular complexity index is 818. The quantitative estimate of drug-likeness (QED) is 0.449. The molecule has 0 aromatic heterocycles. The molecule has 0 aliphatic heterocycles. The summed E-state index contributed by atoms with van der Waals surface area (Å²) >= 11 is 0. The van der Waals surface area contributed by atoms with E-state index in [1.165, 1.54) is 12.1 Å². The van der Waals surface area contributed by atoms with E-state index < -0.39 is 17.8 Å². The minimum Gasteiger partial charge on any atom is -0.462 e. The standard InChI is InChI=1S/C18H19N3O4/c1-3-25-18(24)12-6-4-5-7-14(12)20-16(22)17(23)21-15-9-8-11(2)10-13(15)19/h4-10H,3,19H2,1-2H3,(H,20,22)(H,21,23). The van der Waals surface area contributed by atoms with E-state index in [9.17, 15) is 14.4 Å². The number of para-hydroxylation sites is 1. The number of carbonyl (C=O) groups excluding carboxylic acids is 3. The van der Waals surface area contributed by atoms with Crippen molar-refractivity contribution >= 4 is 34.8 Å². The van der Waals surface area contributed by atoms with Crippen molar-refractivity contribution in [2.24, 2.45) is 0 Å². The number of nitrogen functional groups attached to an aromatic ring is 1. The maximum Gasteiger partial charge on any atom is 0.340 e. The molecule has 0 aliphatic rings. The number of ether oxygens (including phenoxy) is 1. The highest BCUT2D eigenvalue weighted by Crippen LogP contribution is 2.20. The van der Waals surface area contributed by atoms with Crippen LogP contribution >= 0.6 is 0 Å². The third-order valence-electron chi connectivity index (χ3n) is 3.33. The van der Waals surface area contributed by atoms with Crippen LogP contribution in [0.1, 0.15) is 22.8 Å². The lowest BCUT2D eigenvalue weighted by atomic mass is 10.1. The van der Waals surface area contributed by atoms with E-state index in [1.807, 2.05) is 6.92 Å². The molecule has 0 fully saturated rings. The van der Waals surface area contributed by atoms with Crippen LogP contribution in [0.15, 0.2) is 42.5 Å². The molecule has 2 amide bonds. The molecule has 0 unspecified atom stereocenters. The number of rotatable bonds is 4. The van der Waals surface area contributed by atoms with Crippen LogP contribution in [0.2, 0.25) is 0 Å². The molecular weight excluding hydrogens is 322 g/mol. The van der Waals surface area contributed by atoms with E-state index in [2.05, 4.69) is 10.6 Å². The molecule has 0 radical (unpaired) electrons. The zero-order chi connectivity index (χ0) is 18.4. The number of amides is 2. The summed E-state index contributed by atoms with van der Waals surface area (Å²) in [5, 5.41) is 4.85. The number of carbonyl (C=O) groups is 3. The number of nitrogens with two attached hydrogens (primary N) is 1. The molecule has 0 saturated carbocycles. The molecule has 130 valence electrons. The van der Waals surface area contributed by atoms with Crippen molar-refractivity contribution in [3.63, 3.8) is 0 Å². The predicted octanol–water partition coefficient (Wildman–Crippen LogP) is 2.33. The number of hydrogen-bond acceptors (Lipinski definition) is 5. The Morgan fingerprint density at radius 1 is 1.00 bits per heavy atom. The maximum atomic E-state index is 12.1. The number of aryl methyl sites for hydroxylation is 1. The molecule has 7 heteroatoms. The zero-order valence-corrected chi connectivity index (χ0v) is 14.0. The molecule has 25 heavy (non-hydrogen) atoms. The van der Waals surface area contributed by atoms with Gasteiger partial charge in [-0.25, -0.2) is 4.79 Å². The maximum absolute atomic E-state index is 12.1. The molecule has 0 atom stereocenters. The van der Waals surface area contributed by atoms with Gasteiger partial charge < -0.3 is 21.1 Å². The van der Waals surface area contributed by atoms with E-state index in [0.29, 0.717) is 11.4 Å². The van der Waals surface area contributed by atoms with Crippen molar-refractivity contribution in [3.8, 4) is 0 Å². The van der Waals surface area contributed by atoms with Crippen LogP contribution < -0.4 is 16.4 Å². The van der Waals surface area contributed by atoms with Crippen molar-refractivity contribution in [1.82, 2.24) is 0 Å². The normalized spacial score (nSPS) is 10.0. The van der Waals surface area contributed by atoms with Crippen LogP contribution in [0.5, 0.6) is 0 Å². The molecule has 0 saturated heterocycles. The largest absolute Gasteiger partial charge is 0.462 e. The number of anilines is 3. The number of benzene rings is 2. The smallest absolute Gasteiger partial charge is 0.340 e. The van der Waals surface area contributed by atoms with Crippen molar-refractivity contribution in [2.75, 3.05) is 23.0 Å². The Balaban J connectivity index is 2.11. The zero-order valence-electron chi connectivity index (χ0n) is 14.0. The highest BCUT2D eigenvalue weighted by Gasteiger charge is 2.19. The van der Waals surface area contributed by atoms with Crippen LogP contribution in [0.3, 0.4) is 0 Å². The van der Waals surface area contributed by atoms with E-state index in [4.69, 9.17) is 10.5 Å². The Labute approximate surface area is 145 Å². The third-order valence-corrected chi connectivity index (χ3v) is 3.33. The topological polar surface area (TPSA) is 111 Å². The van der Waals surface area contributed by atoms with Gasteiger partial charge in [0.05, 0.1) is 29.2 Å². The summed E-state index contributed by atoms with van der Waals surface area (Å²) in [5.74, 6) is -2.40. The Morgan fingerprint density at radius 3 is 2.28 bits per heavy atom. The van der Waals surface area contributed by atoms with Crippen molar-refractivity contribution in [1.29, 1.82) is 0 Å². The number of esters is 1. The summed E-state index contributed by atoms with van der Waals surface area (Å²) in [4.78, 5) is 36.1. The molecule has 4 N–H and O–H groups in total. The second-order valence-corrected chi connectivity index (χ2v) is 5.27. The number of nitrogens with one attached hydrogen (secondary N) is 2. The van der Waals surface area contributed by atoms with Gasteiger partial charge in [-0.1, -0.05) is 18.2 Å². The fourth-order valence-corrected chi connectivity index (χ4v) is 2.13. The summed E-state index contributed by atoms with van der Waals surface area (Å²) in [6.45, 7) is 3.74. The molecule has 2 aromatic carbocycles. The van der Waals surface area contributed by atoms with Crippen molar-refractivity contribution < 1.29 is 19.1 Å². The van der Waals surface area contributed by atoms with Crippen molar-refractivity contribution in [2.45, 2.75) is 13.8 Å². The molecular formula is C18H19N3O4. The van der Waals surface area contributed by atoms with Crippen LogP contribution in [0.4, 0.5) is 17.1 Å². The van der Waals surface area contributed by atoms with Gasteiger partial charge in [-0.15, -0.1) is 0 Å². The second-order valence-electron chi connectivity index (χ2n) is 5.27. The minimum atomic E-state index is -0.920. The molecule has 0 spiro atoms. The summed E-state index contributed by atoms with van der Waals surface area (Å²) in [7, 11) is 0. The lowest BCUT2D eigenvalue weighted by Gasteiger charge is -2.11.